The summed E-state index contributed by atoms with van der Waals surface area (Å²) in [5.41, 5.74) is 1.85. The number of ether oxygens (including phenoxy) is 1. The fourth-order valence-electron chi connectivity index (χ4n) is 3.41. The predicted octanol–water partition coefficient (Wildman–Crippen LogP) is 2.80. The number of rotatable bonds is 8. The fourth-order valence-corrected chi connectivity index (χ4v) is 3.41. The summed E-state index contributed by atoms with van der Waals surface area (Å²) in [5, 5.41) is 0. The maximum absolute atomic E-state index is 5.80. The first-order valence-corrected chi connectivity index (χ1v) is 9.15. The Bertz CT molecular complexity index is 595. The quantitative estimate of drug-likeness (QED) is 0.696. The van der Waals surface area contributed by atoms with Crippen molar-refractivity contribution in [3.8, 4) is 0 Å². The maximum Gasteiger partial charge on any atom is 0.195 e. The van der Waals surface area contributed by atoms with Gasteiger partial charge in [-0.2, -0.15) is 0 Å². The molecule has 1 aromatic heterocycles. The second-order valence-electron chi connectivity index (χ2n) is 6.56. The normalized spacial score (nSPS) is 20.0. The molecule has 2 aromatic rings. The summed E-state index contributed by atoms with van der Waals surface area (Å²) in [6.07, 6.45) is 2.01. The smallest absolute Gasteiger partial charge is 0.195 e. The molecule has 0 aliphatic carbocycles. The van der Waals surface area contributed by atoms with Crippen molar-refractivity contribution < 1.29 is 9.15 Å². The molecule has 1 aliphatic heterocycles. The Morgan fingerprint density at radius 3 is 2.92 bits per heavy atom. The molecule has 3 rings (SSSR count). The van der Waals surface area contributed by atoms with E-state index >= 15 is 0 Å². The monoisotopic (exact) mass is 331 g/mol. The topological polar surface area (TPSA) is 41.7 Å². The highest BCUT2D eigenvalue weighted by Crippen LogP contribution is 2.16. The lowest BCUT2D eigenvalue weighted by molar-refractivity contribution is 0.0489. The van der Waals surface area contributed by atoms with Crippen LogP contribution >= 0.6 is 0 Å². The molecule has 1 atom stereocenters. The number of hydrogen-bond donors (Lipinski definition) is 0. The summed E-state index contributed by atoms with van der Waals surface area (Å²) in [4.78, 5) is 9.65. The van der Waals surface area contributed by atoms with E-state index in [2.05, 4.69) is 28.6 Å². The van der Waals surface area contributed by atoms with Gasteiger partial charge in [-0.3, -0.25) is 4.90 Å². The molecule has 24 heavy (non-hydrogen) atoms. The van der Waals surface area contributed by atoms with E-state index in [0.29, 0.717) is 6.04 Å². The van der Waals surface area contributed by atoms with Crippen LogP contribution in [0.4, 0.5) is 0 Å². The van der Waals surface area contributed by atoms with Crippen molar-refractivity contribution in [1.29, 1.82) is 0 Å². The van der Waals surface area contributed by atoms with Crippen LogP contribution in [0.1, 0.15) is 26.2 Å². The van der Waals surface area contributed by atoms with E-state index in [1.165, 1.54) is 0 Å². The molecule has 5 nitrogen and oxygen atoms in total. The van der Waals surface area contributed by atoms with E-state index in [-0.39, 0.29) is 0 Å². The van der Waals surface area contributed by atoms with Crippen molar-refractivity contribution in [2.45, 2.75) is 32.7 Å². The number of oxazole rings is 1. The Balaban J connectivity index is 1.39. The predicted molar refractivity (Wildman–Crippen MR) is 96.3 cm³/mol. The third-order valence-electron chi connectivity index (χ3n) is 4.78. The number of hydrogen-bond acceptors (Lipinski definition) is 5. The first-order chi connectivity index (χ1) is 11.8. The van der Waals surface area contributed by atoms with Gasteiger partial charge in [0.15, 0.2) is 11.5 Å². The van der Waals surface area contributed by atoms with Crippen LogP contribution in [0.25, 0.3) is 11.1 Å². The van der Waals surface area contributed by atoms with Crippen LogP contribution in [0, 0.1) is 0 Å². The molecule has 0 spiro atoms. The van der Waals surface area contributed by atoms with Crippen molar-refractivity contribution in [1.82, 2.24) is 14.8 Å². The van der Waals surface area contributed by atoms with Gasteiger partial charge in [0.05, 0.1) is 6.61 Å². The van der Waals surface area contributed by atoms with Gasteiger partial charge in [0.1, 0.15) is 5.52 Å². The second-order valence-corrected chi connectivity index (χ2v) is 6.56. The largest absolute Gasteiger partial charge is 0.441 e. The summed E-state index contributed by atoms with van der Waals surface area (Å²) in [6, 6.07) is 8.58. The van der Waals surface area contributed by atoms with E-state index in [1.807, 2.05) is 24.3 Å². The number of piperazine rings is 1. The van der Waals surface area contributed by atoms with Crippen molar-refractivity contribution in [2.24, 2.45) is 0 Å². The molecule has 0 bridgehead atoms. The van der Waals surface area contributed by atoms with Crippen LogP contribution in [-0.2, 0) is 11.2 Å². The summed E-state index contributed by atoms with van der Waals surface area (Å²) in [7, 11) is 0. The van der Waals surface area contributed by atoms with E-state index in [9.17, 15) is 0 Å². The minimum atomic E-state index is 0.600. The molecule has 5 heteroatoms. The lowest BCUT2D eigenvalue weighted by Gasteiger charge is -2.39. The zero-order valence-corrected chi connectivity index (χ0v) is 14.9. The highest BCUT2D eigenvalue weighted by Gasteiger charge is 2.22. The molecule has 0 saturated carbocycles. The summed E-state index contributed by atoms with van der Waals surface area (Å²) in [6.45, 7) is 11.6. The summed E-state index contributed by atoms with van der Waals surface area (Å²) >= 11 is 0. The molecule has 1 saturated heterocycles. The Kier molecular flexibility index (Phi) is 6.24. The Labute approximate surface area is 144 Å². The molecule has 1 fully saturated rings. The van der Waals surface area contributed by atoms with Crippen molar-refractivity contribution in [3.63, 3.8) is 0 Å². The maximum atomic E-state index is 5.80. The van der Waals surface area contributed by atoms with Crippen LogP contribution in [-0.4, -0.2) is 66.8 Å². The number of aromatic nitrogens is 1. The number of fused-ring (bicyclic) bond motifs is 1. The van der Waals surface area contributed by atoms with Gasteiger partial charge in [-0.05, 0) is 38.9 Å². The van der Waals surface area contributed by atoms with Crippen LogP contribution in [0.3, 0.4) is 0 Å². The van der Waals surface area contributed by atoms with Gasteiger partial charge in [-0.15, -0.1) is 0 Å². The molecule has 1 unspecified atom stereocenters. The highest BCUT2D eigenvalue weighted by atomic mass is 16.5. The summed E-state index contributed by atoms with van der Waals surface area (Å²) < 4.78 is 11.3. The molecule has 1 aromatic carbocycles. The fraction of sp³-hybridized carbons (Fsp3) is 0.632. The van der Waals surface area contributed by atoms with Crippen LogP contribution < -0.4 is 0 Å². The lowest BCUT2D eigenvalue weighted by atomic mass is 10.1. The SMILES string of the molecule is CCOCCN1CCN(CCCc2nc3ccccc3o2)CC1C. The molecule has 132 valence electrons. The Hall–Kier alpha value is -1.43. The molecule has 1 aliphatic rings. The van der Waals surface area contributed by atoms with Gasteiger partial charge in [-0.1, -0.05) is 12.1 Å². The van der Waals surface area contributed by atoms with Gasteiger partial charge in [0.2, 0.25) is 0 Å². The number of benzene rings is 1. The molecule has 2 heterocycles. The average molecular weight is 331 g/mol. The van der Waals surface area contributed by atoms with E-state index in [1.54, 1.807) is 0 Å². The molecule has 0 N–H and O–H groups in total. The van der Waals surface area contributed by atoms with Gasteiger partial charge in [-0.25, -0.2) is 4.98 Å². The van der Waals surface area contributed by atoms with Crippen molar-refractivity contribution >= 4 is 11.1 Å². The van der Waals surface area contributed by atoms with E-state index in [4.69, 9.17) is 9.15 Å². The Morgan fingerprint density at radius 2 is 2.12 bits per heavy atom. The molecule has 0 amide bonds. The van der Waals surface area contributed by atoms with Crippen LogP contribution in [0.5, 0.6) is 0 Å². The van der Waals surface area contributed by atoms with Gasteiger partial charge in [0.25, 0.3) is 0 Å². The molecular formula is C19H29N3O2. The van der Waals surface area contributed by atoms with Gasteiger partial charge in [0, 0.05) is 45.2 Å². The molecule has 0 radical (unpaired) electrons. The minimum absolute atomic E-state index is 0.600. The van der Waals surface area contributed by atoms with Gasteiger partial charge < -0.3 is 14.1 Å². The molecular weight excluding hydrogens is 302 g/mol. The third kappa shape index (κ3) is 4.56. The highest BCUT2D eigenvalue weighted by molar-refractivity contribution is 5.72. The zero-order valence-electron chi connectivity index (χ0n) is 14.9. The number of para-hydroxylation sites is 2. The summed E-state index contributed by atoms with van der Waals surface area (Å²) in [5.74, 6) is 0.861. The second kappa shape index (κ2) is 8.60. The third-order valence-corrected chi connectivity index (χ3v) is 4.78. The first kappa shape index (κ1) is 17.4. The van der Waals surface area contributed by atoms with Crippen LogP contribution in [0.2, 0.25) is 0 Å². The number of aryl methyl sites for hydroxylation is 1. The minimum Gasteiger partial charge on any atom is -0.441 e. The van der Waals surface area contributed by atoms with Crippen LogP contribution in [0.15, 0.2) is 28.7 Å². The van der Waals surface area contributed by atoms with Crippen molar-refractivity contribution in [3.05, 3.63) is 30.2 Å². The average Bonchev–Trinajstić information content (AvgIpc) is 2.99. The van der Waals surface area contributed by atoms with E-state index in [0.717, 1.165) is 75.8 Å². The zero-order chi connectivity index (χ0) is 16.8. The first-order valence-electron chi connectivity index (χ1n) is 9.15. The standard InChI is InChI=1S/C19H29N3O2/c1-3-23-14-13-22-12-11-21(15-16(22)2)10-6-9-19-20-17-7-4-5-8-18(17)24-19/h4-5,7-8,16H,3,6,9-15H2,1-2H3. The lowest BCUT2D eigenvalue weighted by Crippen LogP contribution is -2.52. The Morgan fingerprint density at radius 1 is 1.25 bits per heavy atom. The van der Waals surface area contributed by atoms with E-state index < -0.39 is 0 Å². The number of nitrogens with zero attached hydrogens (tertiary/aromatic N) is 3. The van der Waals surface area contributed by atoms with Crippen molar-refractivity contribution in [2.75, 3.05) is 45.9 Å². The van der Waals surface area contributed by atoms with Gasteiger partial charge >= 0.3 is 0 Å².